The van der Waals surface area contributed by atoms with Crippen molar-refractivity contribution in [1.29, 1.82) is 0 Å². The molecule has 13 heavy (non-hydrogen) atoms. The first-order valence-corrected chi connectivity index (χ1v) is 5.55. The van der Waals surface area contributed by atoms with Crippen LogP contribution in [0.4, 0.5) is 0 Å². The van der Waals surface area contributed by atoms with Gasteiger partial charge in [0.15, 0.2) is 0 Å². The molecule has 0 saturated carbocycles. The predicted octanol–water partition coefficient (Wildman–Crippen LogP) is 2.44. The van der Waals surface area contributed by atoms with Crippen LogP contribution in [0.5, 0.6) is 0 Å². The number of carbonyl (C=O) groups is 1. The van der Waals surface area contributed by atoms with Gasteiger partial charge in [-0.15, -0.1) is 0 Å². The van der Waals surface area contributed by atoms with Crippen molar-refractivity contribution in [2.24, 2.45) is 5.92 Å². The molecule has 1 atom stereocenters. The Hall–Kier alpha value is -0.530. The van der Waals surface area contributed by atoms with Gasteiger partial charge in [0.1, 0.15) is 0 Å². The second-order valence-electron chi connectivity index (χ2n) is 3.97. The third kappa shape index (κ3) is 3.02. The largest absolute Gasteiger partial charge is 0.343 e. The maximum Gasteiger partial charge on any atom is 0.222 e. The van der Waals surface area contributed by atoms with Gasteiger partial charge in [-0.1, -0.05) is 19.8 Å². The zero-order chi connectivity index (χ0) is 9.68. The third-order valence-corrected chi connectivity index (χ3v) is 2.97. The number of rotatable bonds is 4. The minimum Gasteiger partial charge on any atom is -0.343 e. The van der Waals surface area contributed by atoms with Crippen LogP contribution in [0.1, 0.15) is 46.0 Å². The summed E-state index contributed by atoms with van der Waals surface area (Å²) in [5.74, 6) is 1.05. The zero-order valence-corrected chi connectivity index (χ0v) is 8.88. The van der Waals surface area contributed by atoms with Gasteiger partial charge in [-0.25, -0.2) is 0 Å². The molecule has 1 fully saturated rings. The number of piperidine rings is 1. The molecule has 0 bridgehead atoms. The van der Waals surface area contributed by atoms with E-state index in [2.05, 4.69) is 13.8 Å². The van der Waals surface area contributed by atoms with Crippen LogP contribution in [-0.2, 0) is 4.79 Å². The molecule has 0 aromatic rings. The van der Waals surface area contributed by atoms with Crippen LogP contribution in [0.3, 0.4) is 0 Å². The highest BCUT2D eigenvalue weighted by Crippen LogP contribution is 2.22. The van der Waals surface area contributed by atoms with Gasteiger partial charge in [-0.3, -0.25) is 4.79 Å². The lowest BCUT2D eigenvalue weighted by atomic mass is 9.91. The molecular weight excluding hydrogens is 162 g/mol. The van der Waals surface area contributed by atoms with E-state index in [1.165, 1.54) is 25.7 Å². The van der Waals surface area contributed by atoms with E-state index in [9.17, 15) is 4.79 Å². The molecule has 0 aromatic carbocycles. The van der Waals surface area contributed by atoms with E-state index >= 15 is 0 Å². The molecule has 1 saturated heterocycles. The van der Waals surface area contributed by atoms with Crippen LogP contribution in [0.25, 0.3) is 0 Å². The fourth-order valence-electron chi connectivity index (χ4n) is 2.01. The molecule has 1 unspecified atom stereocenters. The molecule has 2 nitrogen and oxygen atoms in total. The van der Waals surface area contributed by atoms with Gasteiger partial charge < -0.3 is 4.90 Å². The number of unbranched alkanes of at least 4 members (excludes halogenated alkanes) is 1. The molecule has 1 amide bonds. The maximum absolute atomic E-state index is 11.5. The number of nitrogens with zero attached hydrogens (tertiary/aromatic N) is 1. The summed E-state index contributed by atoms with van der Waals surface area (Å²) in [5, 5.41) is 0. The summed E-state index contributed by atoms with van der Waals surface area (Å²) in [5.41, 5.74) is 0. The first-order chi connectivity index (χ1) is 6.27. The number of hydrogen-bond donors (Lipinski definition) is 0. The minimum atomic E-state index is 0.370. The number of likely N-dealkylation sites (tertiary alicyclic amines) is 1. The van der Waals surface area contributed by atoms with Crippen molar-refractivity contribution in [2.75, 3.05) is 13.1 Å². The maximum atomic E-state index is 11.5. The Kier molecular flexibility index (Phi) is 4.26. The van der Waals surface area contributed by atoms with Gasteiger partial charge in [0, 0.05) is 19.5 Å². The summed E-state index contributed by atoms with van der Waals surface area (Å²) < 4.78 is 0. The Morgan fingerprint density at radius 1 is 1.46 bits per heavy atom. The Morgan fingerprint density at radius 3 is 2.77 bits per heavy atom. The smallest absolute Gasteiger partial charge is 0.222 e. The highest BCUT2D eigenvalue weighted by Gasteiger charge is 2.23. The lowest BCUT2D eigenvalue weighted by Crippen LogP contribution is -2.38. The highest BCUT2D eigenvalue weighted by molar-refractivity contribution is 5.77. The summed E-state index contributed by atoms with van der Waals surface area (Å²) in [6.45, 7) is 6.15. The quantitative estimate of drug-likeness (QED) is 0.655. The van der Waals surface area contributed by atoms with E-state index in [-0.39, 0.29) is 0 Å². The second-order valence-corrected chi connectivity index (χ2v) is 3.97. The highest BCUT2D eigenvalue weighted by atomic mass is 16.2. The molecule has 0 aliphatic carbocycles. The molecule has 0 N–H and O–H groups in total. The standard InChI is InChI=1S/C11H21NO/c1-3-5-6-10-7-8-12(4-2)11(13)9-10/h10H,3-9H2,1-2H3. The SMILES string of the molecule is CCCCC1CCN(CC)C(=O)C1. The Bertz CT molecular complexity index is 167. The van der Waals surface area contributed by atoms with E-state index in [4.69, 9.17) is 0 Å². The van der Waals surface area contributed by atoms with Crippen LogP contribution >= 0.6 is 0 Å². The normalized spacial score (nSPS) is 23.7. The topological polar surface area (TPSA) is 20.3 Å². The first-order valence-electron chi connectivity index (χ1n) is 5.55. The van der Waals surface area contributed by atoms with Gasteiger partial charge in [0.2, 0.25) is 5.91 Å². The van der Waals surface area contributed by atoms with Crippen LogP contribution in [-0.4, -0.2) is 23.9 Å². The molecule has 1 aliphatic heterocycles. The van der Waals surface area contributed by atoms with Gasteiger partial charge in [-0.05, 0) is 25.7 Å². The van der Waals surface area contributed by atoms with Gasteiger partial charge in [0.25, 0.3) is 0 Å². The summed E-state index contributed by atoms with van der Waals surface area (Å²) >= 11 is 0. The average Bonchev–Trinajstić information content (AvgIpc) is 2.15. The van der Waals surface area contributed by atoms with E-state index < -0.39 is 0 Å². The third-order valence-electron chi connectivity index (χ3n) is 2.97. The van der Waals surface area contributed by atoms with E-state index in [1.807, 2.05) is 4.90 Å². The van der Waals surface area contributed by atoms with Crippen molar-refractivity contribution in [1.82, 2.24) is 4.90 Å². The Morgan fingerprint density at radius 2 is 2.23 bits per heavy atom. The summed E-state index contributed by atoms with van der Waals surface area (Å²) in [4.78, 5) is 13.5. The fourth-order valence-corrected chi connectivity index (χ4v) is 2.01. The summed E-state index contributed by atoms with van der Waals surface area (Å²) in [6.07, 6.45) is 5.81. The van der Waals surface area contributed by atoms with Crippen molar-refractivity contribution in [3.63, 3.8) is 0 Å². The molecule has 1 heterocycles. The molecule has 0 radical (unpaired) electrons. The van der Waals surface area contributed by atoms with Crippen molar-refractivity contribution in [3.8, 4) is 0 Å². The van der Waals surface area contributed by atoms with Crippen LogP contribution in [0.2, 0.25) is 0 Å². The molecule has 0 spiro atoms. The van der Waals surface area contributed by atoms with Crippen LogP contribution in [0.15, 0.2) is 0 Å². The van der Waals surface area contributed by atoms with E-state index in [1.54, 1.807) is 0 Å². The minimum absolute atomic E-state index is 0.370. The lowest BCUT2D eigenvalue weighted by molar-refractivity contribution is -0.134. The molecule has 76 valence electrons. The molecule has 0 aromatic heterocycles. The second kappa shape index (κ2) is 5.25. The van der Waals surface area contributed by atoms with Gasteiger partial charge in [0.05, 0.1) is 0 Å². The lowest BCUT2D eigenvalue weighted by Gasteiger charge is -2.30. The van der Waals surface area contributed by atoms with Crippen LogP contribution in [0, 0.1) is 5.92 Å². The van der Waals surface area contributed by atoms with Crippen LogP contribution < -0.4 is 0 Å². The number of hydrogen-bond acceptors (Lipinski definition) is 1. The monoisotopic (exact) mass is 183 g/mol. The number of amides is 1. The molecule has 1 aliphatic rings. The summed E-state index contributed by atoms with van der Waals surface area (Å²) in [6, 6.07) is 0. The number of carbonyl (C=O) groups excluding carboxylic acids is 1. The van der Waals surface area contributed by atoms with E-state index in [0.29, 0.717) is 11.8 Å². The van der Waals surface area contributed by atoms with Crippen molar-refractivity contribution < 1.29 is 4.79 Å². The first kappa shape index (κ1) is 10.6. The molecular formula is C11H21NO. The fraction of sp³-hybridized carbons (Fsp3) is 0.909. The van der Waals surface area contributed by atoms with Crippen molar-refractivity contribution in [2.45, 2.75) is 46.0 Å². The zero-order valence-electron chi connectivity index (χ0n) is 8.88. The van der Waals surface area contributed by atoms with Crippen molar-refractivity contribution in [3.05, 3.63) is 0 Å². The predicted molar refractivity (Wildman–Crippen MR) is 54.5 cm³/mol. The van der Waals surface area contributed by atoms with E-state index in [0.717, 1.165) is 19.5 Å². The molecule has 1 rings (SSSR count). The Balaban J connectivity index is 2.28. The van der Waals surface area contributed by atoms with Gasteiger partial charge in [-0.2, -0.15) is 0 Å². The average molecular weight is 183 g/mol. The summed E-state index contributed by atoms with van der Waals surface area (Å²) in [7, 11) is 0. The van der Waals surface area contributed by atoms with Crippen molar-refractivity contribution >= 4 is 5.91 Å². The molecule has 2 heteroatoms. The Labute approximate surface area is 81.3 Å². The van der Waals surface area contributed by atoms with Gasteiger partial charge >= 0.3 is 0 Å².